The van der Waals surface area contributed by atoms with Crippen molar-refractivity contribution in [2.75, 3.05) is 0 Å². The normalized spacial score (nSPS) is 11.3. The first kappa shape index (κ1) is 16.6. The van der Waals surface area contributed by atoms with Crippen LogP contribution in [0, 0.1) is 6.92 Å². The Bertz CT molecular complexity index is 905. The smallest absolute Gasteiger partial charge is 0.444 e. The molecule has 0 bridgehead atoms. The van der Waals surface area contributed by atoms with E-state index >= 15 is 0 Å². The zero-order valence-corrected chi connectivity index (χ0v) is 13.2. The molecule has 3 aromatic rings. The van der Waals surface area contributed by atoms with E-state index in [4.69, 9.17) is 14.9 Å². The van der Waals surface area contributed by atoms with Crippen LogP contribution < -0.4 is 10.5 Å². The van der Waals surface area contributed by atoms with Gasteiger partial charge >= 0.3 is 6.11 Å². The number of hydrogen-bond acceptors (Lipinski definition) is 4. The van der Waals surface area contributed by atoms with Crippen molar-refractivity contribution in [3.63, 3.8) is 0 Å². The van der Waals surface area contributed by atoms with E-state index < -0.39 is 17.7 Å². The summed E-state index contributed by atoms with van der Waals surface area (Å²) in [4.78, 5) is 15.1. The molecule has 0 aliphatic carbocycles. The van der Waals surface area contributed by atoms with Crippen molar-refractivity contribution in [2.24, 2.45) is 5.73 Å². The second-order valence-corrected chi connectivity index (χ2v) is 5.38. The largest absolute Gasteiger partial charge is 0.447 e. The van der Waals surface area contributed by atoms with Crippen molar-refractivity contribution >= 4 is 5.91 Å². The molecule has 0 saturated carbocycles. The van der Waals surface area contributed by atoms with E-state index in [9.17, 15) is 13.6 Å². The molecule has 0 unspecified atom stereocenters. The van der Waals surface area contributed by atoms with Crippen LogP contribution >= 0.6 is 0 Å². The third kappa shape index (κ3) is 3.50. The third-order valence-corrected chi connectivity index (χ3v) is 3.49. The molecular weight excluding hydrogens is 330 g/mol. The Balaban J connectivity index is 1.88. The Morgan fingerprint density at radius 1 is 1.16 bits per heavy atom. The number of para-hydroxylation sites is 1. The molecule has 5 nitrogen and oxygen atoms in total. The first-order valence-electron chi connectivity index (χ1n) is 7.35. The van der Waals surface area contributed by atoms with Gasteiger partial charge in [-0.3, -0.25) is 4.79 Å². The van der Waals surface area contributed by atoms with Gasteiger partial charge < -0.3 is 14.9 Å². The fraction of sp³-hybridized carbons (Fsp3) is 0.111. The summed E-state index contributed by atoms with van der Waals surface area (Å²) >= 11 is 0. The fourth-order valence-electron chi connectivity index (χ4n) is 2.19. The Morgan fingerprint density at radius 2 is 1.84 bits per heavy atom. The van der Waals surface area contributed by atoms with Gasteiger partial charge in [0.1, 0.15) is 12.0 Å². The molecular formula is C18H14F2N2O3. The van der Waals surface area contributed by atoms with Crippen molar-refractivity contribution in [1.82, 2.24) is 4.98 Å². The highest BCUT2D eigenvalue weighted by Crippen LogP contribution is 2.34. The minimum absolute atomic E-state index is 0.0430. The second kappa shape index (κ2) is 6.35. The summed E-state index contributed by atoms with van der Waals surface area (Å²) in [5.41, 5.74) is 5.89. The minimum Gasteiger partial charge on any atom is -0.444 e. The molecule has 1 heterocycles. The van der Waals surface area contributed by atoms with Crippen molar-refractivity contribution in [2.45, 2.75) is 13.0 Å². The number of hydrogen-bond donors (Lipinski definition) is 1. The van der Waals surface area contributed by atoms with Gasteiger partial charge in [-0.05, 0) is 31.2 Å². The molecule has 1 aromatic heterocycles. The lowest BCUT2D eigenvalue weighted by Crippen LogP contribution is -2.24. The number of nitrogens with two attached hydrogens (primary N) is 1. The molecule has 2 N–H and O–H groups in total. The molecule has 0 spiro atoms. The number of carbonyl (C=O) groups excluding carboxylic acids is 1. The van der Waals surface area contributed by atoms with Crippen molar-refractivity contribution in [3.8, 4) is 17.2 Å². The maximum absolute atomic E-state index is 14.4. The minimum atomic E-state index is -3.79. The van der Waals surface area contributed by atoms with E-state index in [0.29, 0.717) is 5.56 Å². The number of oxazole rings is 1. The average Bonchev–Trinajstić information content (AvgIpc) is 3.06. The predicted octanol–water partition coefficient (Wildman–Crippen LogP) is 3.88. The molecule has 7 heteroatoms. The number of primary amides is 1. The van der Waals surface area contributed by atoms with Gasteiger partial charge in [-0.25, -0.2) is 4.98 Å². The Labute approximate surface area is 142 Å². The summed E-state index contributed by atoms with van der Waals surface area (Å²) in [7, 11) is 0. The quantitative estimate of drug-likeness (QED) is 0.762. The summed E-state index contributed by atoms with van der Waals surface area (Å²) in [6.45, 7) is 1.91. The number of rotatable bonds is 5. The van der Waals surface area contributed by atoms with Crippen LogP contribution in [0.4, 0.5) is 8.78 Å². The number of alkyl halides is 2. The highest BCUT2D eigenvalue weighted by Gasteiger charge is 2.39. The van der Waals surface area contributed by atoms with E-state index in [0.717, 1.165) is 11.8 Å². The fourth-order valence-corrected chi connectivity index (χ4v) is 2.19. The van der Waals surface area contributed by atoms with Gasteiger partial charge in [-0.1, -0.05) is 29.8 Å². The molecule has 0 radical (unpaired) electrons. The van der Waals surface area contributed by atoms with Crippen LogP contribution in [0.15, 0.2) is 59.2 Å². The number of amides is 1. The van der Waals surface area contributed by atoms with Crippen molar-refractivity contribution in [3.05, 3.63) is 71.6 Å². The molecule has 2 aromatic carbocycles. The molecule has 25 heavy (non-hydrogen) atoms. The Kier molecular flexibility index (Phi) is 4.22. The first-order chi connectivity index (χ1) is 11.9. The van der Waals surface area contributed by atoms with Gasteiger partial charge in [0.2, 0.25) is 5.89 Å². The molecule has 3 rings (SSSR count). The molecule has 0 atom stereocenters. The zero-order valence-electron chi connectivity index (χ0n) is 13.2. The van der Waals surface area contributed by atoms with Crippen molar-refractivity contribution in [1.29, 1.82) is 0 Å². The zero-order chi connectivity index (χ0) is 18.0. The number of carbonyl (C=O) groups is 1. The van der Waals surface area contributed by atoms with Crippen LogP contribution in [0.5, 0.6) is 5.75 Å². The third-order valence-electron chi connectivity index (χ3n) is 3.49. The maximum atomic E-state index is 14.4. The summed E-state index contributed by atoms with van der Waals surface area (Å²) < 4.78 is 38.6. The standard InChI is InChI=1S/C18H14F2N2O3/c1-11-6-8-12(9-7-11)17-22-15(10-24-17)18(19,20)25-14-5-3-2-4-13(14)16(21)23/h2-10H,1H3,(H2,21,23). The molecule has 0 fully saturated rings. The monoisotopic (exact) mass is 344 g/mol. The SMILES string of the molecule is Cc1ccc(-c2nc(C(F)(F)Oc3ccccc3C(N)=O)co2)cc1. The molecule has 128 valence electrons. The van der Waals surface area contributed by atoms with Gasteiger partial charge in [0, 0.05) is 5.56 Å². The number of nitrogens with zero attached hydrogens (tertiary/aromatic N) is 1. The summed E-state index contributed by atoms with van der Waals surface area (Å²) in [6.07, 6.45) is -2.97. The predicted molar refractivity (Wildman–Crippen MR) is 86.2 cm³/mol. The lowest BCUT2D eigenvalue weighted by molar-refractivity contribution is -0.188. The maximum Gasteiger partial charge on any atom is 0.447 e. The van der Waals surface area contributed by atoms with Crippen LogP contribution in [0.2, 0.25) is 0 Å². The number of aryl methyl sites for hydroxylation is 1. The van der Waals surface area contributed by atoms with Gasteiger partial charge in [-0.2, -0.15) is 8.78 Å². The summed E-state index contributed by atoms with van der Waals surface area (Å²) in [6, 6.07) is 12.5. The van der Waals surface area contributed by atoms with Crippen LogP contribution in [0.1, 0.15) is 21.6 Å². The van der Waals surface area contributed by atoms with E-state index in [1.807, 2.05) is 19.1 Å². The Morgan fingerprint density at radius 3 is 2.52 bits per heavy atom. The number of halogens is 2. The van der Waals surface area contributed by atoms with Gasteiger partial charge in [0.05, 0.1) is 5.56 Å². The van der Waals surface area contributed by atoms with Crippen LogP contribution in [0.25, 0.3) is 11.5 Å². The van der Waals surface area contributed by atoms with Crippen LogP contribution in [-0.4, -0.2) is 10.9 Å². The average molecular weight is 344 g/mol. The van der Waals surface area contributed by atoms with E-state index in [1.54, 1.807) is 12.1 Å². The van der Waals surface area contributed by atoms with Gasteiger partial charge in [0.15, 0.2) is 5.69 Å². The number of aromatic nitrogens is 1. The lowest BCUT2D eigenvalue weighted by Gasteiger charge is -2.16. The van der Waals surface area contributed by atoms with Gasteiger partial charge in [-0.15, -0.1) is 0 Å². The van der Waals surface area contributed by atoms with Crippen LogP contribution in [0.3, 0.4) is 0 Å². The summed E-state index contributed by atoms with van der Waals surface area (Å²) in [5.74, 6) is -1.16. The van der Waals surface area contributed by atoms with E-state index in [2.05, 4.69) is 4.98 Å². The van der Waals surface area contributed by atoms with E-state index in [1.165, 1.54) is 24.3 Å². The van der Waals surface area contributed by atoms with E-state index in [-0.39, 0.29) is 17.2 Å². The first-order valence-corrected chi connectivity index (χ1v) is 7.35. The summed E-state index contributed by atoms with van der Waals surface area (Å²) in [5, 5.41) is 0. The van der Waals surface area contributed by atoms with Gasteiger partial charge in [0.25, 0.3) is 5.91 Å². The molecule has 0 aliphatic rings. The second-order valence-electron chi connectivity index (χ2n) is 5.38. The van der Waals surface area contributed by atoms with Crippen molar-refractivity contribution < 1.29 is 22.7 Å². The molecule has 0 aliphatic heterocycles. The molecule has 1 amide bonds. The number of benzene rings is 2. The highest BCUT2D eigenvalue weighted by atomic mass is 19.3. The highest BCUT2D eigenvalue weighted by molar-refractivity contribution is 5.95. The Hall–Kier alpha value is -3.22. The van der Waals surface area contributed by atoms with Crippen LogP contribution in [-0.2, 0) is 6.11 Å². The lowest BCUT2D eigenvalue weighted by atomic mass is 10.1. The topological polar surface area (TPSA) is 78.4 Å². The molecule has 0 saturated heterocycles. The number of ether oxygens (including phenoxy) is 1.